The summed E-state index contributed by atoms with van der Waals surface area (Å²) in [6, 6.07) is 7.75. The first-order valence-corrected chi connectivity index (χ1v) is 7.09. The average molecular weight is 299 g/mol. The van der Waals surface area contributed by atoms with E-state index < -0.39 is 0 Å². The zero-order valence-corrected chi connectivity index (χ0v) is 12.4. The lowest BCUT2D eigenvalue weighted by Crippen LogP contribution is -2.04. The van der Waals surface area contributed by atoms with E-state index in [0.717, 1.165) is 16.7 Å². The number of thiophene rings is 1. The summed E-state index contributed by atoms with van der Waals surface area (Å²) in [5.41, 5.74) is 3.83. The molecule has 1 heterocycles. The summed E-state index contributed by atoms with van der Waals surface area (Å²) in [5, 5.41) is 0. The Morgan fingerprint density at radius 3 is 2.56 bits per heavy atom. The number of hydrogen-bond acceptors (Lipinski definition) is 2. The van der Waals surface area contributed by atoms with Gasteiger partial charge in [0.05, 0.1) is 4.34 Å². The molecule has 0 spiro atoms. The van der Waals surface area contributed by atoms with E-state index in [1.807, 2.05) is 32.0 Å². The Morgan fingerprint density at radius 1 is 1.22 bits per heavy atom. The van der Waals surface area contributed by atoms with Crippen LogP contribution < -0.4 is 0 Å². The summed E-state index contributed by atoms with van der Waals surface area (Å²) in [5.74, 6) is 0.0110. The fourth-order valence-corrected chi connectivity index (χ4v) is 3.29. The van der Waals surface area contributed by atoms with Crippen LogP contribution in [0, 0.1) is 13.8 Å². The van der Waals surface area contributed by atoms with Crippen LogP contribution in [-0.4, -0.2) is 5.78 Å². The second kappa shape index (κ2) is 5.43. The third-order valence-electron chi connectivity index (χ3n) is 2.81. The lowest BCUT2D eigenvalue weighted by atomic mass is 9.99. The van der Waals surface area contributed by atoms with E-state index in [9.17, 15) is 4.79 Å². The summed E-state index contributed by atoms with van der Waals surface area (Å²) in [7, 11) is 0. The fourth-order valence-electron chi connectivity index (χ4n) is 1.79. The molecule has 0 amide bonds. The second-order valence-corrected chi connectivity index (χ2v) is 6.55. The van der Waals surface area contributed by atoms with Crippen molar-refractivity contribution in [3.63, 3.8) is 0 Å². The lowest BCUT2D eigenvalue weighted by molar-refractivity contribution is 0.0993. The van der Waals surface area contributed by atoms with Crippen molar-refractivity contribution in [1.29, 1.82) is 0 Å². The molecule has 4 heteroatoms. The number of benzene rings is 1. The average Bonchev–Trinajstić information content (AvgIpc) is 2.63. The molecule has 0 aliphatic heterocycles. The fraction of sp³-hybridized carbons (Fsp3) is 0.214. The molecule has 1 aromatic carbocycles. The van der Waals surface area contributed by atoms with Crippen LogP contribution in [0.2, 0.25) is 8.67 Å². The molecule has 0 saturated heterocycles. The van der Waals surface area contributed by atoms with Crippen LogP contribution in [0.1, 0.15) is 27.0 Å². The Labute approximate surface area is 120 Å². The molecule has 0 saturated carbocycles. The van der Waals surface area contributed by atoms with E-state index >= 15 is 0 Å². The molecule has 0 N–H and O–H groups in total. The van der Waals surface area contributed by atoms with Crippen LogP contribution in [0.3, 0.4) is 0 Å². The number of ketones is 1. The van der Waals surface area contributed by atoms with Crippen LogP contribution >= 0.6 is 34.5 Å². The van der Waals surface area contributed by atoms with Crippen LogP contribution in [0.5, 0.6) is 0 Å². The normalized spacial score (nSPS) is 10.7. The lowest BCUT2D eigenvalue weighted by Gasteiger charge is -2.06. The zero-order valence-electron chi connectivity index (χ0n) is 10.1. The molecular weight excluding hydrogens is 287 g/mol. The molecule has 18 heavy (non-hydrogen) atoms. The first-order chi connectivity index (χ1) is 8.47. The molecule has 0 bridgehead atoms. The molecule has 0 radical (unpaired) electrons. The largest absolute Gasteiger partial charge is 0.294 e. The van der Waals surface area contributed by atoms with Crippen molar-refractivity contribution in [3.05, 3.63) is 55.2 Å². The van der Waals surface area contributed by atoms with Crippen molar-refractivity contribution in [2.75, 3.05) is 0 Å². The molecule has 0 fully saturated rings. The zero-order chi connectivity index (χ0) is 13.3. The van der Waals surface area contributed by atoms with Crippen LogP contribution in [0.25, 0.3) is 0 Å². The predicted molar refractivity (Wildman–Crippen MR) is 78.3 cm³/mol. The van der Waals surface area contributed by atoms with Gasteiger partial charge in [-0.3, -0.25) is 4.79 Å². The number of carbonyl (C=O) groups excluding carboxylic acids is 1. The van der Waals surface area contributed by atoms with E-state index in [4.69, 9.17) is 23.2 Å². The van der Waals surface area contributed by atoms with Gasteiger partial charge in [0.25, 0.3) is 0 Å². The minimum atomic E-state index is 0.0110. The molecule has 0 aliphatic rings. The molecule has 1 aromatic heterocycles. The summed E-state index contributed by atoms with van der Waals surface area (Å²) < 4.78 is 1.01. The van der Waals surface area contributed by atoms with Gasteiger partial charge in [-0.15, -0.1) is 11.3 Å². The van der Waals surface area contributed by atoms with Gasteiger partial charge >= 0.3 is 0 Å². The summed E-state index contributed by atoms with van der Waals surface area (Å²) in [6.45, 7) is 4.02. The number of halogens is 2. The Bertz CT molecular complexity index is 602. The standard InChI is InChI=1S/C14H12Cl2OS/c1-8-3-4-9(2)10(5-8)6-12(17)11-7-13(15)18-14(11)16/h3-5,7H,6H2,1-2H3. The molecule has 2 aromatic rings. The predicted octanol–water partition coefficient (Wildman–Crippen LogP) is 5.10. The van der Waals surface area contributed by atoms with Crippen LogP contribution in [-0.2, 0) is 6.42 Å². The monoisotopic (exact) mass is 298 g/mol. The first kappa shape index (κ1) is 13.6. The van der Waals surface area contributed by atoms with Crippen molar-refractivity contribution in [3.8, 4) is 0 Å². The van der Waals surface area contributed by atoms with Gasteiger partial charge in [0, 0.05) is 12.0 Å². The van der Waals surface area contributed by atoms with Crippen molar-refractivity contribution in [1.82, 2.24) is 0 Å². The van der Waals surface area contributed by atoms with Gasteiger partial charge in [-0.25, -0.2) is 0 Å². The maximum Gasteiger partial charge on any atom is 0.169 e. The third kappa shape index (κ3) is 2.94. The quantitative estimate of drug-likeness (QED) is 0.721. The van der Waals surface area contributed by atoms with Crippen molar-refractivity contribution in [2.45, 2.75) is 20.3 Å². The minimum Gasteiger partial charge on any atom is -0.294 e. The third-order valence-corrected chi connectivity index (χ3v) is 4.30. The Kier molecular flexibility index (Phi) is 4.10. The Balaban J connectivity index is 2.26. The van der Waals surface area contributed by atoms with E-state index in [0.29, 0.717) is 20.7 Å². The maximum atomic E-state index is 12.2. The molecule has 0 aliphatic carbocycles. The van der Waals surface area contributed by atoms with E-state index in [1.165, 1.54) is 11.3 Å². The SMILES string of the molecule is Cc1ccc(C)c(CC(=O)c2cc(Cl)sc2Cl)c1. The molecule has 2 rings (SSSR count). The van der Waals surface area contributed by atoms with E-state index in [1.54, 1.807) is 6.07 Å². The Morgan fingerprint density at radius 2 is 1.94 bits per heavy atom. The highest BCUT2D eigenvalue weighted by Gasteiger charge is 2.15. The summed E-state index contributed by atoms with van der Waals surface area (Å²) in [4.78, 5) is 12.2. The molecule has 0 atom stereocenters. The minimum absolute atomic E-state index is 0.0110. The molecule has 94 valence electrons. The van der Waals surface area contributed by atoms with Crippen molar-refractivity contribution >= 4 is 40.3 Å². The van der Waals surface area contributed by atoms with Gasteiger partial charge in [-0.05, 0) is 31.0 Å². The highest BCUT2D eigenvalue weighted by atomic mass is 35.5. The van der Waals surface area contributed by atoms with Crippen molar-refractivity contribution in [2.24, 2.45) is 0 Å². The summed E-state index contributed by atoms with van der Waals surface area (Å²) in [6.07, 6.45) is 0.361. The topological polar surface area (TPSA) is 17.1 Å². The molecule has 0 unspecified atom stereocenters. The van der Waals surface area contributed by atoms with Gasteiger partial charge in [0.15, 0.2) is 5.78 Å². The number of aryl methyl sites for hydroxylation is 2. The Hall–Kier alpha value is -0.830. The van der Waals surface area contributed by atoms with Gasteiger partial charge in [0.1, 0.15) is 4.34 Å². The van der Waals surface area contributed by atoms with Crippen LogP contribution in [0.4, 0.5) is 0 Å². The molecular formula is C14H12Cl2OS. The second-order valence-electron chi connectivity index (χ2n) is 4.27. The van der Waals surface area contributed by atoms with Gasteiger partial charge in [-0.1, -0.05) is 47.0 Å². The van der Waals surface area contributed by atoms with Gasteiger partial charge in [0.2, 0.25) is 0 Å². The highest BCUT2D eigenvalue weighted by Crippen LogP contribution is 2.32. The number of hydrogen-bond donors (Lipinski definition) is 0. The number of Topliss-reactive ketones (excluding diaryl/α,β-unsaturated/α-hetero) is 1. The number of carbonyl (C=O) groups is 1. The maximum absolute atomic E-state index is 12.2. The van der Waals surface area contributed by atoms with Crippen LogP contribution in [0.15, 0.2) is 24.3 Å². The van der Waals surface area contributed by atoms with E-state index in [2.05, 4.69) is 0 Å². The first-order valence-electron chi connectivity index (χ1n) is 5.51. The highest BCUT2D eigenvalue weighted by molar-refractivity contribution is 7.20. The van der Waals surface area contributed by atoms with Crippen molar-refractivity contribution < 1.29 is 4.79 Å². The summed E-state index contributed by atoms with van der Waals surface area (Å²) >= 11 is 13.1. The van der Waals surface area contributed by atoms with Gasteiger partial charge in [-0.2, -0.15) is 0 Å². The molecule has 1 nitrogen and oxygen atoms in total. The van der Waals surface area contributed by atoms with Gasteiger partial charge < -0.3 is 0 Å². The smallest absolute Gasteiger partial charge is 0.169 e. The number of rotatable bonds is 3. The van der Waals surface area contributed by atoms with E-state index in [-0.39, 0.29) is 5.78 Å².